The van der Waals surface area contributed by atoms with Crippen LogP contribution >= 0.6 is 0 Å². The largest absolute Gasteiger partial charge is 0.376 e. The first kappa shape index (κ1) is 14.2. The highest BCUT2D eigenvalue weighted by Crippen LogP contribution is 2.37. The third-order valence-electron chi connectivity index (χ3n) is 3.75. The van der Waals surface area contributed by atoms with Gasteiger partial charge in [-0.25, -0.2) is 4.98 Å². The molecule has 7 heteroatoms. The zero-order valence-electron chi connectivity index (χ0n) is 11.9. The van der Waals surface area contributed by atoms with Gasteiger partial charge >= 0.3 is 0 Å². The Bertz CT molecular complexity index is 582. The zero-order chi connectivity index (χ0) is 14.8. The lowest BCUT2D eigenvalue weighted by molar-refractivity contribution is 0.0402. The summed E-state index contributed by atoms with van der Waals surface area (Å²) in [6.07, 6.45) is 3.28. The Hall–Kier alpha value is -1.73. The molecule has 0 aromatic carbocycles. The molecule has 1 saturated heterocycles. The average molecular weight is 293 g/mol. The lowest BCUT2D eigenvalue weighted by atomic mass is 10.2. The number of aromatic nitrogens is 2. The second kappa shape index (κ2) is 5.95. The van der Waals surface area contributed by atoms with Gasteiger partial charge in [0.2, 0.25) is 0 Å². The quantitative estimate of drug-likeness (QED) is 0.808. The Morgan fingerprint density at radius 2 is 2.33 bits per heavy atom. The van der Waals surface area contributed by atoms with Crippen LogP contribution in [0.15, 0.2) is 11.0 Å². The minimum Gasteiger partial charge on any atom is -0.376 e. The van der Waals surface area contributed by atoms with Crippen LogP contribution in [0.1, 0.15) is 41.9 Å². The van der Waals surface area contributed by atoms with Gasteiger partial charge in [0.25, 0.3) is 11.5 Å². The van der Waals surface area contributed by atoms with Gasteiger partial charge in [0.15, 0.2) is 0 Å². The van der Waals surface area contributed by atoms with Gasteiger partial charge in [-0.2, -0.15) is 0 Å². The Kier molecular flexibility index (Phi) is 4.03. The van der Waals surface area contributed by atoms with Crippen LogP contribution in [0.4, 0.5) is 0 Å². The van der Waals surface area contributed by atoms with Crippen LogP contribution in [-0.2, 0) is 9.47 Å². The molecule has 3 rings (SSSR count). The molecule has 1 aromatic rings. The minimum atomic E-state index is -0.439. The molecule has 2 atom stereocenters. The van der Waals surface area contributed by atoms with Crippen molar-refractivity contribution < 1.29 is 14.3 Å². The molecule has 2 heterocycles. The van der Waals surface area contributed by atoms with E-state index < -0.39 is 11.5 Å². The number of hydrogen-bond donors (Lipinski definition) is 2. The van der Waals surface area contributed by atoms with Crippen LogP contribution in [0.3, 0.4) is 0 Å². The molecule has 2 N–H and O–H groups in total. The Labute approximate surface area is 122 Å². The van der Waals surface area contributed by atoms with Crippen molar-refractivity contribution in [2.45, 2.75) is 37.8 Å². The van der Waals surface area contributed by atoms with E-state index in [2.05, 4.69) is 15.3 Å². The lowest BCUT2D eigenvalue weighted by Gasteiger charge is -2.18. The smallest absolute Gasteiger partial charge is 0.263 e. The molecule has 2 fully saturated rings. The molecule has 0 radical (unpaired) electrons. The normalized spacial score (nSPS) is 25.0. The predicted molar refractivity (Wildman–Crippen MR) is 74.3 cm³/mol. The van der Waals surface area contributed by atoms with E-state index in [0.717, 1.165) is 12.8 Å². The SMILES string of the molecule is CCO[C@H]1COC[C@@H]1NC(=O)c1cnc(C2CC2)[nH]c1=O. The highest BCUT2D eigenvalue weighted by atomic mass is 16.5. The van der Waals surface area contributed by atoms with E-state index in [1.807, 2.05) is 6.92 Å². The van der Waals surface area contributed by atoms with Crippen LogP contribution in [0.5, 0.6) is 0 Å². The summed E-state index contributed by atoms with van der Waals surface area (Å²) < 4.78 is 10.8. The van der Waals surface area contributed by atoms with E-state index in [9.17, 15) is 9.59 Å². The van der Waals surface area contributed by atoms with Gasteiger partial charge in [0.1, 0.15) is 17.5 Å². The average Bonchev–Trinajstić information content (AvgIpc) is 3.23. The molecule has 114 valence electrons. The molecular weight excluding hydrogens is 274 g/mol. The van der Waals surface area contributed by atoms with Crippen molar-refractivity contribution in [2.75, 3.05) is 19.8 Å². The van der Waals surface area contributed by atoms with Crippen molar-refractivity contribution in [1.29, 1.82) is 0 Å². The number of rotatable bonds is 5. The van der Waals surface area contributed by atoms with Crippen LogP contribution in [0, 0.1) is 0 Å². The van der Waals surface area contributed by atoms with Gasteiger partial charge in [-0.05, 0) is 19.8 Å². The summed E-state index contributed by atoms with van der Waals surface area (Å²) in [6, 6.07) is -0.236. The number of H-pyrrole nitrogens is 1. The highest BCUT2D eigenvalue weighted by Gasteiger charge is 2.31. The fourth-order valence-corrected chi connectivity index (χ4v) is 2.43. The first-order valence-corrected chi connectivity index (χ1v) is 7.28. The number of nitrogens with zero attached hydrogens (tertiary/aromatic N) is 1. The molecule has 7 nitrogen and oxygen atoms in total. The third-order valence-corrected chi connectivity index (χ3v) is 3.75. The molecule has 0 unspecified atom stereocenters. The van der Waals surface area contributed by atoms with Crippen LogP contribution < -0.4 is 10.9 Å². The molecule has 1 aliphatic carbocycles. The fraction of sp³-hybridized carbons (Fsp3) is 0.643. The van der Waals surface area contributed by atoms with Crippen LogP contribution in [-0.4, -0.2) is 47.8 Å². The van der Waals surface area contributed by atoms with E-state index in [1.54, 1.807) is 0 Å². The Balaban J connectivity index is 1.68. The summed E-state index contributed by atoms with van der Waals surface area (Å²) in [7, 11) is 0. The Morgan fingerprint density at radius 1 is 1.52 bits per heavy atom. The monoisotopic (exact) mass is 293 g/mol. The molecule has 1 saturated carbocycles. The number of amides is 1. The zero-order valence-corrected chi connectivity index (χ0v) is 11.9. The van der Waals surface area contributed by atoms with Gasteiger partial charge in [-0.3, -0.25) is 9.59 Å². The third kappa shape index (κ3) is 3.14. The van der Waals surface area contributed by atoms with Gasteiger partial charge in [0, 0.05) is 18.7 Å². The maximum atomic E-state index is 12.2. The molecule has 0 spiro atoms. The van der Waals surface area contributed by atoms with Crippen LogP contribution in [0.25, 0.3) is 0 Å². The van der Waals surface area contributed by atoms with Crippen molar-refractivity contribution in [2.24, 2.45) is 0 Å². The van der Waals surface area contributed by atoms with Crippen molar-refractivity contribution >= 4 is 5.91 Å². The number of ether oxygens (including phenoxy) is 2. The second-order valence-electron chi connectivity index (χ2n) is 5.40. The maximum absolute atomic E-state index is 12.2. The first-order valence-electron chi connectivity index (χ1n) is 7.28. The van der Waals surface area contributed by atoms with E-state index in [0.29, 0.717) is 31.6 Å². The van der Waals surface area contributed by atoms with Gasteiger partial charge in [-0.15, -0.1) is 0 Å². The van der Waals surface area contributed by atoms with Crippen molar-refractivity contribution in [1.82, 2.24) is 15.3 Å². The van der Waals surface area contributed by atoms with Crippen molar-refractivity contribution in [3.8, 4) is 0 Å². The van der Waals surface area contributed by atoms with E-state index in [-0.39, 0.29) is 17.7 Å². The summed E-state index contributed by atoms with van der Waals surface area (Å²) in [6.45, 7) is 3.29. The highest BCUT2D eigenvalue weighted by molar-refractivity contribution is 5.93. The summed E-state index contributed by atoms with van der Waals surface area (Å²) in [5.41, 5.74) is -0.363. The number of nitrogens with one attached hydrogen (secondary N) is 2. The van der Waals surface area contributed by atoms with E-state index >= 15 is 0 Å². The Morgan fingerprint density at radius 3 is 3.00 bits per heavy atom. The van der Waals surface area contributed by atoms with E-state index in [1.165, 1.54) is 6.20 Å². The topological polar surface area (TPSA) is 93.3 Å². The fourth-order valence-electron chi connectivity index (χ4n) is 2.43. The number of hydrogen-bond acceptors (Lipinski definition) is 5. The predicted octanol–water partition coefficient (Wildman–Crippen LogP) is 0.181. The molecule has 0 bridgehead atoms. The summed E-state index contributed by atoms with van der Waals surface area (Å²) in [5, 5.41) is 2.79. The summed E-state index contributed by atoms with van der Waals surface area (Å²) in [4.78, 5) is 31.0. The lowest BCUT2D eigenvalue weighted by Crippen LogP contribution is -2.45. The number of carbonyl (C=O) groups excluding carboxylic acids is 1. The summed E-state index contributed by atoms with van der Waals surface area (Å²) in [5.74, 6) is 0.583. The maximum Gasteiger partial charge on any atom is 0.263 e. The molecule has 21 heavy (non-hydrogen) atoms. The van der Waals surface area contributed by atoms with Crippen molar-refractivity contribution in [3.05, 3.63) is 27.9 Å². The first-order chi connectivity index (χ1) is 10.2. The molecule has 1 amide bonds. The van der Waals surface area contributed by atoms with E-state index in [4.69, 9.17) is 9.47 Å². The molecule has 1 aromatic heterocycles. The number of carbonyl (C=O) groups is 1. The molecule has 1 aliphatic heterocycles. The van der Waals surface area contributed by atoms with Gasteiger partial charge in [0.05, 0.1) is 19.3 Å². The van der Waals surface area contributed by atoms with Gasteiger partial charge < -0.3 is 19.8 Å². The molecular formula is C14H19N3O4. The summed E-state index contributed by atoms with van der Waals surface area (Å²) >= 11 is 0. The van der Waals surface area contributed by atoms with Crippen molar-refractivity contribution in [3.63, 3.8) is 0 Å². The number of aromatic amines is 1. The minimum absolute atomic E-state index is 0.0292. The van der Waals surface area contributed by atoms with Gasteiger partial charge in [-0.1, -0.05) is 0 Å². The van der Waals surface area contributed by atoms with Crippen LogP contribution in [0.2, 0.25) is 0 Å². The second-order valence-corrected chi connectivity index (χ2v) is 5.40. The molecule has 2 aliphatic rings. The standard InChI is InChI=1S/C14H19N3O4/c1-2-21-11-7-20-6-10(11)16-13(18)9-5-15-12(8-3-4-8)17-14(9)19/h5,8,10-11H,2-4,6-7H2,1H3,(H,16,18)(H,15,17,19)/t10-,11-/m0/s1.